The summed E-state index contributed by atoms with van der Waals surface area (Å²) in [5.74, 6) is 0. The van der Waals surface area contributed by atoms with Crippen molar-refractivity contribution in [2.24, 2.45) is 0 Å². The molecule has 0 saturated heterocycles. The van der Waals surface area contributed by atoms with Gasteiger partial charge >= 0.3 is 29.6 Å². The quantitative estimate of drug-likeness (QED) is 0.393. The standard InChI is InChI=1S/Mo.Na.6O.V/q;+1;6*-2;. The number of hydrogen-bond donors (Lipinski definition) is 0. The van der Waals surface area contributed by atoms with Gasteiger partial charge in [0.2, 0.25) is 0 Å². The van der Waals surface area contributed by atoms with Crippen LogP contribution in [0.4, 0.5) is 0 Å². The van der Waals surface area contributed by atoms with Gasteiger partial charge in [0.15, 0.2) is 0 Å². The second-order valence-corrected chi connectivity index (χ2v) is 0. The zero-order valence-electron chi connectivity index (χ0n) is 4.30. The smallest absolute Gasteiger partial charge is 1.00 e. The Labute approximate surface area is 101 Å². The molecule has 1 radical (unpaired) electrons. The van der Waals surface area contributed by atoms with Crippen LogP contribution in [-0.2, 0) is 72.5 Å². The minimum absolute atomic E-state index is 0. The molecular weight excluding hydrogens is 266 g/mol. The molecule has 0 bridgehead atoms. The van der Waals surface area contributed by atoms with E-state index in [1.54, 1.807) is 0 Å². The summed E-state index contributed by atoms with van der Waals surface area (Å²) in [4.78, 5) is 0. The maximum atomic E-state index is 0. The van der Waals surface area contributed by atoms with E-state index in [1.807, 2.05) is 0 Å². The van der Waals surface area contributed by atoms with Crippen LogP contribution in [0.1, 0.15) is 0 Å². The summed E-state index contributed by atoms with van der Waals surface area (Å²) < 4.78 is 0. The van der Waals surface area contributed by atoms with Gasteiger partial charge in [-0.3, -0.25) is 0 Å². The molecule has 0 aliphatic heterocycles. The Hall–Kier alpha value is 2.03. The fourth-order valence-electron chi connectivity index (χ4n) is 0. The molecule has 6 nitrogen and oxygen atoms in total. The Balaban J connectivity index is 0. The Bertz CT molecular complexity index is 13.0. The molecule has 0 saturated carbocycles. The molecule has 0 aromatic carbocycles. The zero-order valence-corrected chi connectivity index (χ0v) is 9.71. The SMILES string of the molecule is [Mo].[Na+].[O-2].[O-2].[O-2].[O-2].[O-2].[O-2].[V]. The van der Waals surface area contributed by atoms with Crippen molar-refractivity contribution in [3.05, 3.63) is 0 Å². The van der Waals surface area contributed by atoms with Crippen molar-refractivity contribution < 1.29 is 102 Å². The first kappa shape index (κ1) is 269. The minimum atomic E-state index is 0. The fourth-order valence-corrected chi connectivity index (χ4v) is 0. The second kappa shape index (κ2) is 198. The van der Waals surface area contributed by atoms with Crippen LogP contribution in [0.15, 0.2) is 0 Å². The molecule has 0 aromatic heterocycles. The van der Waals surface area contributed by atoms with Gasteiger partial charge < -0.3 is 32.9 Å². The van der Waals surface area contributed by atoms with Gasteiger partial charge in [-0.25, -0.2) is 0 Å². The molecule has 59 valence electrons. The van der Waals surface area contributed by atoms with Crippen LogP contribution in [0.2, 0.25) is 0 Å². The summed E-state index contributed by atoms with van der Waals surface area (Å²) in [6, 6.07) is 0. The second-order valence-electron chi connectivity index (χ2n) is 0. The van der Waals surface area contributed by atoms with Gasteiger partial charge in [0.1, 0.15) is 0 Å². The van der Waals surface area contributed by atoms with Crippen LogP contribution in [0.3, 0.4) is 0 Å². The average molecular weight is 266 g/mol. The van der Waals surface area contributed by atoms with Crippen LogP contribution < -0.4 is 29.6 Å². The molecule has 0 rings (SSSR count). The van der Waals surface area contributed by atoms with Crippen molar-refractivity contribution in [2.75, 3.05) is 0 Å². The van der Waals surface area contributed by atoms with E-state index in [1.165, 1.54) is 0 Å². The van der Waals surface area contributed by atoms with E-state index in [9.17, 15) is 0 Å². The third kappa shape index (κ3) is 157. The van der Waals surface area contributed by atoms with Gasteiger partial charge in [-0.2, -0.15) is 0 Å². The van der Waals surface area contributed by atoms with Gasteiger partial charge in [0.05, 0.1) is 0 Å². The summed E-state index contributed by atoms with van der Waals surface area (Å²) in [6.07, 6.45) is 0. The predicted molar refractivity (Wildman–Crippen MR) is 4.12 cm³/mol. The molecule has 0 aliphatic carbocycles. The molecule has 0 N–H and O–H groups in total. The Morgan fingerprint density at radius 1 is 0.444 bits per heavy atom. The van der Waals surface area contributed by atoms with E-state index in [4.69, 9.17) is 0 Å². The Kier molecular flexibility index (Phi) is 5920. The first-order chi connectivity index (χ1) is 0. The van der Waals surface area contributed by atoms with Crippen molar-refractivity contribution in [3.8, 4) is 0 Å². The minimum Gasteiger partial charge on any atom is -2.00 e. The number of rotatable bonds is 0. The van der Waals surface area contributed by atoms with Crippen molar-refractivity contribution >= 4 is 0 Å². The van der Waals surface area contributed by atoms with E-state index in [-0.39, 0.29) is 102 Å². The van der Waals surface area contributed by atoms with E-state index >= 15 is 0 Å². The average Bonchev–Trinajstić information content (AvgIpc) is 0. The van der Waals surface area contributed by atoms with E-state index < -0.39 is 0 Å². The summed E-state index contributed by atoms with van der Waals surface area (Å²) in [6.45, 7) is 0. The Morgan fingerprint density at radius 2 is 0.444 bits per heavy atom. The fraction of sp³-hybridized carbons (Fsp3) is 0. The molecule has 0 spiro atoms. The summed E-state index contributed by atoms with van der Waals surface area (Å²) >= 11 is 0. The van der Waals surface area contributed by atoms with Crippen molar-refractivity contribution in [1.82, 2.24) is 0 Å². The third-order valence-electron chi connectivity index (χ3n) is 0. The molecule has 0 aliphatic rings. The molecule has 9 heavy (non-hydrogen) atoms. The number of hydrogen-bond acceptors (Lipinski definition) is 0. The summed E-state index contributed by atoms with van der Waals surface area (Å²) in [5.41, 5.74) is 0. The van der Waals surface area contributed by atoms with Crippen LogP contribution >= 0.6 is 0 Å². The monoisotopic (exact) mass is 268 g/mol. The van der Waals surface area contributed by atoms with E-state index in [0.717, 1.165) is 0 Å². The van der Waals surface area contributed by atoms with Crippen molar-refractivity contribution in [1.29, 1.82) is 0 Å². The van der Waals surface area contributed by atoms with E-state index in [0.29, 0.717) is 0 Å². The van der Waals surface area contributed by atoms with Crippen LogP contribution in [0, 0.1) is 0 Å². The van der Waals surface area contributed by atoms with Gasteiger partial charge in [-0.15, -0.1) is 0 Å². The van der Waals surface area contributed by atoms with Crippen LogP contribution in [0.25, 0.3) is 0 Å². The maximum Gasteiger partial charge on any atom is 1.00 e. The molecule has 0 heterocycles. The Morgan fingerprint density at radius 3 is 0.444 bits per heavy atom. The summed E-state index contributed by atoms with van der Waals surface area (Å²) in [5, 5.41) is 0. The first-order valence-electron chi connectivity index (χ1n) is 0. The first-order valence-corrected chi connectivity index (χ1v) is 0. The molecule has 0 fully saturated rings. The molecule has 0 unspecified atom stereocenters. The van der Waals surface area contributed by atoms with Crippen molar-refractivity contribution in [3.63, 3.8) is 0 Å². The van der Waals surface area contributed by atoms with Gasteiger partial charge in [-0.1, -0.05) is 0 Å². The molecule has 9 heteroatoms. The molecule has 0 atom stereocenters. The summed E-state index contributed by atoms with van der Waals surface area (Å²) in [7, 11) is 0. The third-order valence-corrected chi connectivity index (χ3v) is 0. The van der Waals surface area contributed by atoms with Gasteiger partial charge in [0, 0.05) is 39.6 Å². The topological polar surface area (TPSA) is 171 Å². The van der Waals surface area contributed by atoms with Crippen molar-refractivity contribution in [2.45, 2.75) is 0 Å². The molecule has 0 amide bonds. The molecule has 0 aromatic rings. The molecular formula is MoNaO6V-11. The zero-order chi connectivity index (χ0) is 0. The van der Waals surface area contributed by atoms with Crippen LogP contribution in [0.5, 0.6) is 0 Å². The van der Waals surface area contributed by atoms with Gasteiger partial charge in [-0.05, 0) is 0 Å². The van der Waals surface area contributed by atoms with E-state index in [2.05, 4.69) is 0 Å². The normalized spacial score (nSPS) is 0. The predicted octanol–water partition coefficient (Wildman–Crippen LogP) is -3.71. The largest absolute Gasteiger partial charge is 2.00 e. The van der Waals surface area contributed by atoms with Crippen LogP contribution in [-0.4, -0.2) is 0 Å². The van der Waals surface area contributed by atoms with Gasteiger partial charge in [0.25, 0.3) is 0 Å². The maximum absolute atomic E-state index is 0.